The lowest BCUT2D eigenvalue weighted by atomic mass is 10.1. The topological polar surface area (TPSA) is 87.1 Å². The maximum absolute atomic E-state index is 5.83. The Morgan fingerprint density at radius 3 is 3.11 bits per heavy atom. The Bertz CT molecular complexity index is 549. The second-order valence-corrected chi connectivity index (χ2v) is 4.65. The van der Waals surface area contributed by atoms with E-state index in [2.05, 4.69) is 15.1 Å². The number of hydrogen-bond donors (Lipinski definition) is 1. The van der Waals surface area contributed by atoms with Gasteiger partial charge in [0, 0.05) is 19.2 Å². The molecule has 0 amide bonds. The Morgan fingerprint density at radius 2 is 2.32 bits per heavy atom. The van der Waals surface area contributed by atoms with E-state index in [1.807, 2.05) is 0 Å². The standard InChI is InChI=1S/C13H16N4O2/c14-10-5-3-6-15-12(10)13-16-11(17-19-13)8-9-4-1-2-7-18-9/h3,5-6,9H,1-2,4,7-8,14H2. The molecule has 2 N–H and O–H groups in total. The van der Waals surface area contributed by atoms with Gasteiger partial charge < -0.3 is 15.0 Å². The molecule has 100 valence electrons. The minimum atomic E-state index is 0.195. The van der Waals surface area contributed by atoms with Gasteiger partial charge in [-0.05, 0) is 31.4 Å². The molecule has 1 saturated heterocycles. The van der Waals surface area contributed by atoms with Crippen molar-refractivity contribution in [3.8, 4) is 11.6 Å². The summed E-state index contributed by atoms with van der Waals surface area (Å²) in [5.41, 5.74) is 6.90. The molecule has 1 aliphatic heterocycles. The van der Waals surface area contributed by atoms with Crippen LogP contribution in [0.25, 0.3) is 11.6 Å². The number of ether oxygens (including phenoxy) is 1. The number of pyridine rings is 1. The van der Waals surface area contributed by atoms with Crippen molar-refractivity contribution < 1.29 is 9.26 Å². The summed E-state index contributed by atoms with van der Waals surface area (Å²) in [6.45, 7) is 0.822. The molecule has 0 radical (unpaired) electrons. The van der Waals surface area contributed by atoms with E-state index in [4.69, 9.17) is 15.0 Å². The van der Waals surface area contributed by atoms with Gasteiger partial charge in [0.15, 0.2) is 11.5 Å². The van der Waals surface area contributed by atoms with Crippen molar-refractivity contribution in [3.63, 3.8) is 0 Å². The zero-order valence-corrected chi connectivity index (χ0v) is 10.6. The fraction of sp³-hybridized carbons (Fsp3) is 0.462. The van der Waals surface area contributed by atoms with E-state index in [1.165, 1.54) is 6.42 Å². The highest BCUT2D eigenvalue weighted by molar-refractivity contribution is 5.65. The van der Waals surface area contributed by atoms with Crippen LogP contribution in [0.1, 0.15) is 25.1 Å². The number of anilines is 1. The largest absolute Gasteiger partial charge is 0.397 e. The monoisotopic (exact) mass is 260 g/mol. The van der Waals surface area contributed by atoms with Crippen molar-refractivity contribution in [3.05, 3.63) is 24.2 Å². The molecule has 19 heavy (non-hydrogen) atoms. The Morgan fingerprint density at radius 1 is 1.37 bits per heavy atom. The number of hydrogen-bond acceptors (Lipinski definition) is 6. The molecular formula is C13H16N4O2. The smallest absolute Gasteiger partial charge is 0.278 e. The van der Waals surface area contributed by atoms with Gasteiger partial charge in [-0.15, -0.1) is 0 Å². The van der Waals surface area contributed by atoms with E-state index in [-0.39, 0.29) is 6.10 Å². The van der Waals surface area contributed by atoms with Gasteiger partial charge in [0.25, 0.3) is 5.89 Å². The highest BCUT2D eigenvalue weighted by Crippen LogP contribution is 2.22. The first-order valence-corrected chi connectivity index (χ1v) is 6.48. The summed E-state index contributed by atoms with van der Waals surface area (Å²) >= 11 is 0. The molecule has 3 rings (SSSR count). The third-order valence-electron chi connectivity index (χ3n) is 3.19. The first kappa shape index (κ1) is 12.1. The zero-order chi connectivity index (χ0) is 13.1. The van der Waals surface area contributed by atoms with Crippen molar-refractivity contribution in [1.29, 1.82) is 0 Å². The number of rotatable bonds is 3. The average Bonchev–Trinajstić information content (AvgIpc) is 2.89. The van der Waals surface area contributed by atoms with E-state index >= 15 is 0 Å². The van der Waals surface area contributed by atoms with Crippen molar-refractivity contribution in [1.82, 2.24) is 15.1 Å². The molecule has 1 atom stereocenters. The molecule has 0 aliphatic carbocycles. The van der Waals surface area contributed by atoms with Crippen LogP contribution in [0.2, 0.25) is 0 Å². The lowest BCUT2D eigenvalue weighted by Gasteiger charge is -2.20. The van der Waals surface area contributed by atoms with Gasteiger partial charge in [-0.2, -0.15) is 4.98 Å². The van der Waals surface area contributed by atoms with Gasteiger partial charge in [-0.3, -0.25) is 0 Å². The van der Waals surface area contributed by atoms with Crippen LogP contribution in [0.15, 0.2) is 22.9 Å². The third-order valence-corrected chi connectivity index (χ3v) is 3.19. The number of nitrogen functional groups attached to an aromatic ring is 1. The Kier molecular flexibility index (Phi) is 3.41. The van der Waals surface area contributed by atoms with Crippen LogP contribution in [0.4, 0.5) is 5.69 Å². The normalized spacial score (nSPS) is 19.5. The van der Waals surface area contributed by atoms with Crippen molar-refractivity contribution in [2.24, 2.45) is 0 Å². The molecule has 1 unspecified atom stereocenters. The summed E-state index contributed by atoms with van der Waals surface area (Å²) in [6, 6.07) is 3.53. The maximum atomic E-state index is 5.83. The summed E-state index contributed by atoms with van der Waals surface area (Å²) in [5.74, 6) is 1.01. The molecule has 1 aliphatic rings. The molecule has 2 aromatic rings. The number of nitrogens with two attached hydrogens (primary N) is 1. The Balaban J connectivity index is 1.74. The van der Waals surface area contributed by atoms with Crippen LogP contribution in [-0.4, -0.2) is 27.8 Å². The van der Waals surface area contributed by atoms with Gasteiger partial charge >= 0.3 is 0 Å². The minimum Gasteiger partial charge on any atom is -0.397 e. The molecule has 1 fully saturated rings. The summed E-state index contributed by atoms with van der Waals surface area (Å²) in [7, 11) is 0. The predicted molar refractivity (Wildman–Crippen MR) is 69.2 cm³/mol. The Labute approximate surface area is 111 Å². The molecule has 0 bridgehead atoms. The summed E-state index contributed by atoms with van der Waals surface area (Å²) in [5, 5.41) is 3.97. The van der Waals surface area contributed by atoms with Crippen LogP contribution in [-0.2, 0) is 11.2 Å². The van der Waals surface area contributed by atoms with Gasteiger partial charge in [0.05, 0.1) is 11.8 Å². The number of aromatic nitrogens is 3. The first-order valence-electron chi connectivity index (χ1n) is 6.48. The number of nitrogens with zero attached hydrogens (tertiary/aromatic N) is 3. The summed E-state index contributed by atoms with van der Waals surface area (Å²) < 4.78 is 10.9. The fourth-order valence-electron chi connectivity index (χ4n) is 2.20. The van der Waals surface area contributed by atoms with E-state index < -0.39 is 0 Å². The predicted octanol–water partition coefficient (Wildman–Crippen LogP) is 1.83. The molecule has 3 heterocycles. The lowest BCUT2D eigenvalue weighted by molar-refractivity contribution is 0.0153. The van der Waals surface area contributed by atoms with Gasteiger partial charge in [-0.1, -0.05) is 5.16 Å². The molecule has 2 aromatic heterocycles. The van der Waals surface area contributed by atoms with Crippen LogP contribution < -0.4 is 5.73 Å². The fourth-order valence-corrected chi connectivity index (χ4v) is 2.20. The highest BCUT2D eigenvalue weighted by Gasteiger charge is 2.19. The average molecular weight is 260 g/mol. The van der Waals surface area contributed by atoms with Gasteiger partial charge in [0.2, 0.25) is 0 Å². The summed E-state index contributed by atoms with van der Waals surface area (Å²) in [4.78, 5) is 8.49. The Hall–Kier alpha value is -1.95. The quantitative estimate of drug-likeness (QED) is 0.905. The second-order valence-electron chi connectivity index (χ2n) is 4.65. The molecule has 6 nitrogen and oxygen atoms in total. The van der Waals surface area contributed by atoms with Crippen LogP contribution in [0.3, 0.4) is 0 Å². The molecule has 6 heteroatoms. The van der Waals surface area contributed by atoms with Crippen molar-refractivity contribution in [2.75, 3.05) is 12.3 Å². The third kappa shape index (κ3) is 2.73. The maximum Gasteiger partial charge on any atom is 0.278 e. The molecule has 0 saturated carbocycles. The van der Waals surface area contributed by atoms with E-state index in [0.717, 1.165) is 19.4 Å². The minimum absolute atomic E-state index is 0.195. The van der Waals surface area contributed by atoms with Crippen molar-refractivity contribution >= 4 is 5.69 Å². The highest BCUT2D eigenvalue weighted by atomic mass is 16.5. The molecule has 0 aromatic carbocycles. The van der Waals surface area contributed by atoms with E-state index in [9.17, 15) is 0 Å². The van der Waals surface area contributed by atoms with Crippen LogP contribution in [0.5, 0.6) is 0 Å². The van der Waals surface area contributed by atoms with E-state index in [0.29, 0.717) is 29.5 Å². The van der Waals surface area contributed by atoms with Crippen LogP contribution >= 0.6 is 0 Å². The zero-order valence-electron chi connectivity index (χ0n) is 10.6. The van der Waals surface area contributed by atoms with Gasteiger partial charge in [0.1, 0.15) is 0 Å². The summed E-state index contributed by atoms with van der Waals surface area (Å²) in [6.07, 6.45) is 5.91. The van der Waals surface area contributed by atoms with Crippen molar-refractivity contribution in [2.45, 2.75) is 31.8 Å². The first-order chi connectivity index (χ1) is 9.33. The lowest BCUT2D eigenvalue weighted by Crippen LogP contribution is -2.21. The van der Waals surface area contributed by atoms with Gasteiger partial charge in [-0.25, -0.2) is 4.98 Å². The molecule has 0 spiro atoms. The second kappa shape index (κ2) is 5.36. The SMILES string of the molecule is Nc1cccnc1-c1nc(CC2CCCCO2)no1. The van der Waals surface area contributed by atoms with Crippen LogP contribution in [0, 0.1) is 0 Å². The molecular weight excluding hydrogens is 244 g/mol. The van der Waals surface area contributed by atoms with E-state index in [1.54, 1.807) is 18.3 Å².